The molecule has 1 aromatic heterocycles. The van der Waals surface area contributed by atoms with Gasteiger partial charge in [0.2, 0.25) is 5.91 Å². The third kappa shape index (κ3) is 4.00. The Morgan fingerprint density at radius 3 is 2.88 bits per heavy atom. The summed E-state index contributed by atoms with van der Waals surface area (Å²) in [5.74, 6) is -0.122. The maximum atomic E-state index is 12.1. The summed E-state index contributed by atoms with van der Waals surface area (Å²) in [7, 11) is 1.66. The first-order chi connectivity index (χ1) is 11.5. The van der Waals surface area contributed by atoms with Crippen LogP contribution in [0.5, 0.6) is 0 Å². The fraction of sp³-hybridized carbons (Fsp3) is 0.278. The number of carbonyl (C=O) groups excluding carboxylic acids is 1. The van der Waals surface area contributed by atoms with E-state index >= 15 is 0 Å². The number of halogens is 1. The van der Waals surface area contributed by atoms with Crippen molar-refractivity contribution in [3.63, 3.8) is 0 Å². The van der Waals surface area contributed by atoms with E-state index in [0.29, 0.717) is 6.42 Å². The number of hydrogen-bond donors (Lipinski definition) is 1. The molecule has 0 saturated heterocycles. The number of rotatable bonds is 3. The number of fused-ring (bicyclic) bond motifs is 1. The number of nitrogens with zero attached hydrogens (tertiary/aromatic N) is 2. The lowest BCUT2D eigenvalue weighted by molar-refractivity contribution is -0.117. The van der Waals surface area contributed by atoms with Crippen LogP contribution in [0.3, 0.4) is 0 Å². The van der Waals surface area contributed by atoms with Gasteiger partial charge in [-0.25, -0.2) is 4.68 Å². The van der Waals surface area contributed by atoms with E-state index in [4.69, 9.17) is 0 Å². The summed E-state index contributed by atoms with van der Waals surface area (Å²) in [5.41, 5.74) is 2.74. The molecule has 6 heteroatoms. The Labute approximate surface area is 148 Å². The van der Waals surface area contributed by atoms with Gasteiger partial charge < -0.3 is 5.32 Å². The van der Waals surface area contributed by atoms with Gasteiger partial charge in [-0.3, -0.25) is 9.59 Å². The highest BCUT2D eigenvalue weighted by Gasteiger charge is 2.21. The fourth-order valence-corrected chi connectivity index (χ4v) is 3.07. The Morgan fingerprint density at radius 1 is 1.38 bits per heavy atom. The zero-order valence-electron chi connectivity index (χ0n) is 13.3. The Balaban J connectivity index is 1.62. The minimum Gasteiger partial charge on any atom is -0.349 e. The van der Waals surface area contributed by atoms with Gasteiger partial charge in [0.25, 0.3) is 5.56 Å². The second kappa shape index (κ2) is 7.13. The van der Waals surface area contributed by atoms with Gasteiger partial charge in [-0.2, -0.15) is 5.10 Å². The van der Waals surface area contributed by atoms with Crippen LogP contribution in [-0.4, -0.2) is 21.7 Å². The third-order valence-corrected chi connectivity index (χ3v) is 4.63. The molecule has 3 rings (SSSR count). The van der Waals surface area contributed by atoms with Gasteiger partial charge in [0.05, 0.1) is 5.69 Å². The van der Waals surface area contributed by atoms with Crippen molar-refractivity contribution in [1.82, 2.24) is 15.1 Å². The molecular weight excluding hydrogens is 370 g/mol. The summed E-state index contributed by atoms with van der Waals surface area (Å²) in [6.45, 7) is 0. The van der Waals surface area contributed by atoms with Gasteiger partial charge in [0.1, 0.15) is 0 Å². The summed E-state index contributed by atoms with van der Waals surface area (Å²) in [6.07, 6.45) is 5.58. The average molecular weight is 388 g/mol. The minimum atomic E-state index is -0.122. The van der Waals surface area contributed by atoms with E-state index in [-0.39, 0.29) is 17.5 Å². The summed E-state index contributed by atoms with van der Waals surface area (Å²) >= 11 is 3.38. The fourth-order valence-electron chi connectivity index (χ4n) is 2.80. The zero-order chi connectivity index (χ0) is 17.1. The van der Waals surface area contributed by atoms with Gasteiger partial charge in [-0.05, 0) is 48.6 Å². The van der Waals surface area contributed by atoms with Crippen LogP contribution < -0.4 is 10.9 Å². The topological polar surface area (TPSA) is 64.0 Å². The molecule has 0 fully saturated rings. The second-order valence-corrected chi connectivity index (χ2v) is 6.83. The third-order valence-electron chi connectivity index (χ3n) is 4.10. The van der Waals surface area contributed by atoms with Crippen LogP contribution in [0.2, 0.25) is 0 Å². The van der Waals surface area contributed by atoms with Gasteiger partial charge >= 0.3 is 0 Å². The van der Waals surface area contributed by atoms with Gasteiger partial charge in [-0.15, -0.1) is 0 Å². The molecule has 1 aromatic carbocycles. The first-order valence-electron chi connectivity index (χ1n) is 7.81. The number of aryl methyl sites for hydroxylation is 2. The molecule has 0 saturated carbocycles. The lowest BCUT2D eigenvalue weighted by Crippen LogP contribution is -2.39. The second-order valence-electron chi connectivity index (χ2n) is 5.91. The van der Waals surface area contributed by atoms with Crippen molar-refractivity contribution in [2.24, 2.45) is 7.05 Å². The minimum absolute atomic E-state index is 0.0356. The van der Waals surface area contributed by atoms with E-state index in [1.165, 1.54) is 4.68 Å². The Morgan fingerprint density at radius 2 is 2.12 bits per heavy atom. The maximum Gasteiger partial charge on any atom is 0.266 e. The molecule has 0 aliphatic heterocycles. The van der Waals surface area contributed by atoms with E-state index in [0.717, 1.165) is 34.1 Å². The van der Waals surface area contributed by atoms with Gasteiger partial charge in [0.15, 0.2) is 0 Å². The van der Waals surface area contributed by atoms with Crippen LogP contribution >= 0.6 is 15.9 Å². The largest absolute Gasteiger partial charge is 0.349 e. The number of benzene rings is 1. The first kappa shape index (κ1) is 16.6. The van der Waals surface area contributed by atoms with Crippen molar-refractivity contribution in [3.05, 3.63) is 68.1 Å². The number of carbonyl (C=O) groups is 1. The summed E-state index contributed by atoms with van der Waals surface area (Å²) in [4.78, 5) is 23.8. The standard InChI is InChI=1S/C18H18BrN3O2/c1-22-18(24)11-13-10-15(7-8-16(13)21-22)20-17(23)9-4-12-2-5-14(19)6-3-12/h2-6,9,11,15H,7-8,10H2,1H3,(H,20,23)/b9-4+/t15-/m0/s1. The smallest absolute Gasteiger partial charge is 0.266 e. The molecule has 5 nitrogen and oxygen atoms in total. The molecule has 1 amide bonds. The molecule has 1 aliphatic rings. The quantitative estimate of drug-likeness (QED) is 0.821. The van der Waals surface area contributed by atoms with Crippen LogP contribution in [0.1, 0.15) is 23.2 Å². The molecule has 2 aromatic rings. The maximum absolute atomic E-state index is 12.1. The molecular formula is C18H18BrN3O2. The average Bonchev–Trinajstić information content (AvgIpc) is 2.56. The highest BCUT2D eigenvalue weighted by atomic mass is 79.9. The Hall–Kier alpha value is -2.21. The number of amides is 1. The molecule has 1 atom stereocenters. The van der Waals surface area contributed by atoms with Crippen LogP contribution in [0.25, 0.3) is 6.08 Å². The van der Waals surface area contributed by atoms with Crippen molar-refractivity contribution < 1.29 is 4.79 Å². The lowest BCUT2D eigenvalue weighted by Gasteiger charge is -2.24. The molecule has 0 bridgehead atoms. The molecule has 0 radical (unpaired) electrons. The first-order valence-corrected chi connectivity index (χ1v) is 8.61. The monoisotopic (exact) mass is 387 g/mol. The molecule has 24 heavy (non-hydrogen) atoms. The molecule has 0 unspecified atom stereocenters. The summed E-state index contributed by atoms with van der Waals surface area (Å²) in [5, 5.41) is 7.29. The Kier molecular flexibility index (Phi) is 4.94. The number of nitrogens with one attached hydrogen (secondary N) is 1. The van der Waals surface area contributed by atoms with Crippen molar-refractivity contribution >= 4 is 27.9 Å². The molecule has 124 valence electrons. The highest BCUT2D eigenvalue weighted by Crippen LogP contribution is 2.18. The lowest BCUT2D eigenvalue weighted by atomic mass is 9.92. The van der Waals surface area contributed by atoms with E-state index in [1.807, 2.05) is 24.3 Å². The van der Waals surface area contributed by atoms with Crippen molar-refractivity contribution in [2.75, 3.05) is 0 Å². The Bertz CT molecular complexity index is 840. The highest BCUT2D eigenvalue weighted by molar-refractivity contribution is 9.10. The van der Waals surface area contributed by atoms with Crippen LogP contribution in [-0.2, 0) is 24.7 Å². The SMILES string of the molecule is Cn1nc2c(cc1=O)C[C@@H](NC(=O)/C=C/c1ccc(Br)cc1)CC2. The van der Waals surface area contributed by atoms with Crippen molar-refractivity contribution in [2.45, 2.75) is 25.3 Å². The van der Waals surface area contributed by atoms with Crippen LogP contribution in [0, 0.1) is 0 Å². The molecule has 1 N–H and O–H groups in total. The summed E-state index contributed by atoms with van der Waals surface area (Å²) in [6, 6.07) is 9.40. The summed E-state index contributed by atoms with van der Waals surface area (Å²) < 4.78 is 2.36. The number of hydrogen-bond acceptors (Lipinski definition) is 3. The van der Waals surface area contributed by atoms with Crippen LogP contribution in [0.4, 0.5) is 0 Å². The molecule has 1 aliphatic carbocycles. The normalized spacial score (nSPS) is 16.8. The van der Waals surface area contributed by atoms with Crippen LogP contribution in [0.15, 0.2) is 45.7 Å². The van der Waals surface area contributed by atoms with Gasteiger partial charge in [-0.1, -0.05) is 28.1 Å². The van der Waals surface area contributed by atoms with E-state index in [2.05, 4.69) is 26.3 Å². The van der Waals surface area contributed by atoms with E-state index in [9.17, 15) is 9.59 Å². The molecule has 0 spiro atoms. The molecule has 1 heterocycles. The van der Waals surface area contributed by atoms with E-state index in [1.54, 1.807) is 25.3 Å². The predicted octanol–water partition coefficient (Wildman–Crippen LogP) is 2.23. The van der Waals surface area contributed by atoms with Crippen molar-refractivity contribution in [1.29, 1.82) is 0 Å². The van der Waals surface area contributed by atoms with Gasteiger partial charge in [0, 0.05) is 29.7 Å². The van der Waals surface area contributed by atoms with Crippen molar-refractivity contribution in [3.8, 4) is 0 Å². The van der Waals surface area contributed by atoms with E-state index < -0.39 is 0 Å². The number of aromatic nitrogens is 2. The zero-order valence-corrected chi connectivity index (χ0v) is 14.9. The predicted molar refractivity (Wildman–Crippen MR) is 96.6 cm³/mol.